The van der Waals surface area contributed by atoms with Crippen molar-refractivity contribution in [3.63, 3.8) is 0 Å². The van der Waals surface area contributed by atoms with Crippen molar-refractivity contribution in [3.8, 4) is 11.8 Å². The van der Waals surface area contributed by atoms with Crippen LogP contribution in [0.2, 0.25) is 5.02 Å². The van der Waals surface area contributed by atoms with E-state index >= 15 is 0 Å². The first-order valence-corrected chi connectivity index (χ1v) is 4.69. The van der Waals surface area contributed by atoms with Crippen LogP contribution in [0.1, 0.15) is 16.7 Å². The Labute approximate surface area is 89.1 Å². The van der Waals surface area contributed by atoms with E-state index in [-0.39, 0.29) is 0 Å². The number of benzene rings is 1. The normalized spacial score (nSPS) is 9.64. The fraction of sp³-hybridized carbons (Fsp3) is 0.364. The van der Waals surface area contributed by atoms with Crippen molar-refractivity contribution in [2.75, 3.05) is 7.11 Å². The first kappa shape index (κ1) is 10.9. The number of nitriles is 1. The Morgan fingerprint density at radius 1 is 1.50 bits per heavy atom. The van der Waals surface area contributed by atoms with Crippen molar-refractivity contribution in [2.45, 2.75) is 20.3 Å². The lowest BCUT2D eigenvalue weighted by molar-refractivity contribution is 0.410. The van der Waals surface area contributed by atoms with Crippen LogP contribution in [0.3, 0.4) is 0 Å². The average molecular weight is 210 g/mol. The van der Waals surface area contributed by atoms with Gasteiger partial charge in [0.15, 0.2) is 0 Å². The molecule has 0 aliphatic heterocycles. The van der Waals surface area contributed by atoms with Gasteiger partial charge in [0.1, 0.15) is 5.75 Å². The Morgan fingerprint density at radius 3 is 2.64 bits per heavy atom. The fourth-order valence-corrected chi connectivity index (χ4v) is 1.78. The number of methoxy groups -OCH3 is 1. The van der Waals surface area contributed by atoms with Crippen molar-refractivity contribution in [2.24, 2.45) is 0 Å². The van der Waals surface area contributed by atoms with Gasteiger partial charge in [0.2, 0.25) is 0 Å². The van der Waals surface area contributed by atoms with Gasteiger partial charge in [-0.1, -0.05) is 11.6 Å². The van der Waals surface area contributed by atoms with Crippen LogP contribution in [-0.2, 0) is 6.42 Å². The van der Waals surface area contributed by atoms with E-state index in [1.54, 1.807) is 7.11 Å². The summed E-state index contributed by atoms with van der Waals surface area (Å²) in [5.41, 5.74) is 3.05. The fourth-order valence-electron chi connectivity index (χ4n) is 1.43. The van der Waals surface area contributed by atoms with Gasteiger partial charge in [0, 0.05) is 5.56 Å². The number of aryl methyl sites for hydroxylation is 1. The van der Waals surface area contributed by atoms with E-state index in [4.69, 9.17) is 21.6 Å². The summed E-state index contributed by atoms with van der Waals surface area (Å²) in [7, 11) is 1.57. The van der Waals surface area contributed by atoms with Crippen molar-refractivity contribution in [1.82, 2.24) is 0 Å². The van der Waals surface area contributed by atoms with Gasteiger partial charge in [0.05, 0.1) is 24.6 Å². The van der Waals surface area contributed by atoms with Crippen LogP contribution in [0, 0.1) is 25.2 Å². The zero-order valence-electron chi connectivity index (χ0n) is 8.52. The smallest absolute Gasteiger partial charge is 0.141 e. The minimum absolute atomic E-state index is 0.330. The van der Waals surface area contributed by atoms with Crippen LogP contribution in [-0.4, -0.2) is 7.11 Å². The predicted molar refractivity (Wildman–Crippen MR) is 56.8 cm³/mol. The Hall–Kier alpha value is -1.20. The van der Waals surface area contributed by atoms with Crippen LogP contribution in [0.15, 0.2) is 6.07 Å². The molecular weight excluding hydrogens is 198 g/mol. The lowest BCUT2D eigenvalue weighted by atomic mass is 10.0. The quantitative estimate of drug-likeness (QED) is 0.750. The topological polar surface area (TPSA) is 33.0 Å². The Kier molecular flexibility index (Phi) is 3.38. The van der Waals surface area contributed by atoms with Gasteiger partial charge >= 0.3 is 0 Å². The zero-order chi connectivity index (χ0) is 10.7. The molecule has 3 heteroatoms. The van der Waals surface area contributed by atoms with E-state index < -0.39 is 0 Å². The molecule has 0 spiro atoms. The lowest BCUT2D eigenvalue weighted by Gasteiger charge is -2.13. The lowest BCUT2D eigenvalue weighted by Crippen LogP contribution is -1.97. The number of ether oxygens (including phenoxy) is 1. The number of hydrogen-bond acceptors (Lipinski definition) is 2. The molecule has 0 radical (unpaired) electrons. The molecule has 0 saturated carbocycles. The average Bonchev–Trinajstić information content (AvgIpc) is 2.14. The van der Waals surface area contributed by atoms with Gasteiger partial charge < -0.3 is 4.74 Å². The third-order valence-electron chi connectivity index (χ3n) is 2.34. The summed E-state index contributed by atoms with van der Waals surface area (Å²) in [5.74, 6) is 0.622. The second-order valence-corrected chi connectivity index (χ2v) is 3.55. The summed E-state index contributed by atoms with van der Waals surface area (Å²) in [4.78, 5) is 0. The van der Waals surface area contributed by atoms with E-state index in [2.05, 4.69) is 6.07 Å². The van der Waals surface area contributed by atoms with Gasteiger partial charge in [0.25, 0.3) is 0 Å². The van der Waals surface area contributed by atoms with E-state index in [0.717, 1.165) is 16.7 Å². The summed E-state index contributed by atoms with van der Waals surface area (Å²) in [6, 6.07) is 3.97. The van der Waals surface area contributed by atoms with Gasteiger partial charge in [-0.05, 0) is 31.0 Å². The molecule has 1 aromatic carbocycles. The monoisotopic (exact) mass is 209 g/mol. The molecule has 1 aromatic rings. The third kappa shape index (κ3) is 1.83. The first-order valence-electron chi connectivity index (χ1n) is 4.31. The first-order chi connectivity index (χ1) is 6.61. The number of rotatable bonds is 2. The molecule has 2 nitrogen and oxygen atoms in total. The van der Waals surface area contributed by atoms with Crippen LogP contribution < -0.4 is 4.74 Å². The molecule has 0 aromatic heterocycles. The van der Waals surface area contributed by atoms with E-state index in [0.29, 0.717) is 17.2 Å². The molecule has 0 heterocycles. The molecule has 0 bridgehead atoms. The predicted octanol–water partition coefficient (Wildman–Crippen LogP) is 3.03. The summed E-state index contributed by atoms with van der Waals surface area (Å²) < 4.78 is 5.18. The summed E-state index contributed by atoms with van der Waals surface area (Å²) >= 11 is 6.01. The molecule has 0 unspecified atom stereocenters. The van der Waals surface area contributed by atoms with E-state index in [1.807, 2.05) is 19.9 Å². The van der Waals surface area contributed by atoms with Crippen LogP contribution in [0.5, 0.6) is 5.75 Å². The molecule has 0 saturated heterocycles. The highest BCUT2D eigenvalue weighted by atomic mass is 35.5. The maximum Gasteiger partial charge on any atom is 0.141 e. The molecule has 74 valence electrons. The van der Waals surface area contributed by atoms with Crippen molar-refractivity contribution in [1.29, 1.82) is 5.26 Å². The van der Waals surface area contributed by atoms with Gasteiger partial charge in [-0.25, -0.2) is 0 Å². The summed E-state index contributed by atoms with van der Waals surface area (Å²) in [5, 5.41) is 9.27. The molecule has 0 fully saturated rings. The highest BCUT2D eigenvalue weighted by Gasteiger charge is 2.12. The molecule has 0 atom stereocenters. The number of nitrogens with zero attached hydrogens (tertiary/aromatic N) is 1. The second kappa shape index (κ2) is 4.34. The minimum Gasteiger partial charge on any atom is -0.495 e. The highest BCUT2D eigenvalue weighted by molar-refractivity contribution is 6.32. The molecule has 0 aliphatic carbocycles. The van der Waals surface area contributed by atoms with Crippen molar-refractivity contribution >= 4 is 11.6 Å². The Morgan fingerprint density at radius 2 is 2.14 bits per heavy atom. The molecule has 14 heavy (non-hydrogen) atoms. The molecule has 1 rings (SSSR count). The van der Waals surface area contributed by atoms with Gasteiger partial charge in [-0.2, -0.15) is 5.26 Å². The minimum atomic E-state index is 0.330. The maximum absolute atomic E-state index is 8.70. The van der Waals surface area contributed by atoms with Crippen LogP contribution in [0.25, 0.3) is 0 Å². The largest absolute Gasteiger partial charge is 0.495 e. The van der Waals surface area contributed by atoms with E-state index in [9.17, 15) is 0 Å². The summed E-state index contributed by atoms with van der Waals surface area (Å²) in [6.45, 7) is 3.95. The SMILES string of the molecule is COc1c(Cl)cc(C)c(C)c1CC#N. The second-order valence-electron chi connectivity index (χ2n) is 3.15. The third-order valence-corrected chi connectivity index (χ3v) is 2.62. The van der Waals surface area contributed by atoms with Crippen molar-refractivity contribution < 1.29 is 4.74 Å². The number of hydrogen-bond donors (Lipinski definition) is 0. The number of halogens is 1. The Balaban J connectivity index is 3.41. The molecular formula is C11H12ClNO. The van der Waals surface area contributed by atoms with Crippen LogP contribution >= 0.6 is 11.6 Å². The van der Waals surface area contributed by atoms with E-state index in [1.165, 1.54) is 0 Å². The van der Waals surface area contributed by atoms with Crippen LogP contribution in [0.4, 0.5) is 0 Å². The molecule has 0 aliphatic rings. The maximum atomic E-state index is 8.70. The molecule has 0 amide bonds. The van der Waals surface area contributed by atoms with Gasteiger partial charge in [-0.15, -0.1) is 0 Å². The van der Waals surface area contributed by atoms with Crippen molar-refractivity contribution in [3.05, 3.63) is 27.8 Å². The standard InChI is InChI=1S/C11H12ClNO/c1-7-6-10(12)11(14-3)9(4-5-13)8(7)2/h6H,4H2,1-3H3. The molecule has 0 N–H and O–H groups in total. The zero-order valence-corrected chi connectivity index (χ0v) is 9.27. The summed E-state index contributed by atoms with van der Waals surface area (Å²) in [6.07, 6.45) is 0.330. The Bertz CT molecular complexity index is 393. The van der Waals surface area contributed by atoms with Gasteiger partial charge in [-0.3, -0.25) is 0 Å². The highest BCUT2D eigenvalue weighted by Crippen LogP contribution is 2.33.